The summed E-state index contributed by atoms with van der Waals surface area (Å²) >= 11 is 0. The van der Waals surface area contributed by atoms with Crippen LogP contribution in [0, 0.1) is 13.8 Å². The van der Waals surface area contributed by atoms with Gasteiger partial charge in [0.2, 0.25) is 5.91 Å². The van der Waals surface area contributed by atoms with Crippen LogP contribution in [0.5, 0.6) is 11.5 Å². The van der Waals surface area contributed by atoms with Gasteiger partial charge in [-0.3, -0.25) is 9.69 Å². The summed E-state index contributed by atoms with van der Waals surface area (Å²) < 4.78 is 11.5. The van der Waals surface area contributed by atoms with Crippen molar-refractivity contribution in [1.82, 2.24) is 10.2 Å². The molecule has 0 aliphatic carbocycles. The van der Waals surface area contributed by atoms with E-state index in [1.54, 1.807) is 0 Å². The topological polar surface area (TPSA) is 50.8 Å². The van der Waals surface area contributed by atoms with Gasteiger partial charge in [-0.2, -0.15) is 0 Å². The summed E-state index contributed by atoms with van der Waals surface area (Å²) in [7, 11) is 1.95. The molecule has 1 aliphatic rings. The number of benzene rings is 2. The zero-order valence-electron chi connectivity index (χ0n) is 15.6. The van der Waals surface area contributed by atoms with Crippen LogP contribution in [0.25, 0.3) is 0 Å². The number of nitrogens with zero attached hydrogens (tertiary/aromatic N) is 1. The minimum Gasteiger partial charge on any atom is -0.486 e. The lowest BCUT2D eigenvalue weighted by molar-refractivity contribution is -0.122. The summed E-state index contributed by atoms with van der Waals surface area (Å²) in [6.07, 6.45) is -0.168. The summed E-state index contributed by atoms with van der Waals surface area (Å²) in [5, 5.41) is 2.94. The van der Waals surface area contributed by atoms with Crippen LogP contribution in [0.1, 0.15) is 16.7 Å². The normalized spacial score (nSPS) is 15.8. The van der Waals surface area contributed by atoms with Crippen LogP contribution in [-0.4, -0.2) is 43.7 Å². The van der Waals surface area contributed by atoms with Crippen LogP contribution in [0.2, 0.25) is 0 Å². The van der Waals surface area contributed by atoms with Crippen molar-refractivity contribution in [2.75, 3.05) is 26.7 Å². The first-order valence-corrected chi connectivity index (χ1v) is 8.91. The van der Waals surface area contributed by atoms with Gasteiger partial charge in [-0.1, -0.05) is 35.9 Å². The van der Waals surface area contributed by atoms with Gasteiger partial charge in [0.1, 0.15) is 12.7 Å². The average Bonchev–Trinajstić information content (AvgIpc) is 2.62. The number of carbonyl (C=O) groups excluding carboxylic acids is 1. The molecule has 0 radical (unpaired) electrons. The third-order valence-electron chi connectivity index (χ3n) is 4.45. The molecule has 1 amide bonds. The number of carbonyl (C=O) groups is 1. The molecule has 5 heteroatoms. The first kappa shape index (κ1) is 18.3. The Hall–Kier alpha value is -2.53. The van der Waals surface area contributed by atoms with Crippen molar-refractivity contribution < 1.29 is 14.3 Å². The van der Waals surface area contributed by atoms with Gasteiger partial charge in [0.15, 0.2) is 11.5 Å². The molecule has 0 saturated heterocycles. The number of hydrogen-bond acceptors (Lipinski definition) is 4. The number of aryl methyl sites for hydroxylation is 2. The highest BCUT2D eigenvalue weighted by Gasteiger charge is 2.21. The van der Waals surface area contributed by atoms with Crippen molar-refractivity contribution in [3.8, 4) is 11.5 Å². The number of nitrogens with one attached hydrogen (secondary N) is 1. The Bertz CT molecular complexity index is 776. The Labute approximate surface area is 154 Å². The molecule has 1 atom stereocenters. The highest BCUT2D eigenvalue weighted by molar-refractivity contribution is 5.78. The number of hydrogen-bond donors (Lipinski definition) is 1. The van der Waals surface area contributed by atoms with E-state index in [1.165, 1.54) is 16.7 Å². The fraction of sp³-hybridized carbons (Fsp3) is 0.381. The van der Waals surface area contributed by atoms with Crippen LogP contribution < -0.4 is 14.8 Å². The van der Waals surface area contributed by atoms with Crippen LogP contribution in [0.15, 0.2) is 42.5 Å². The van der Waals surface area contributed by atoms with E-state index in [0.717, 1.165) is 18.0 Å². The molecule has 1 N–H and O–H groups in total. The molecule has 0 fully saturated rings. The highest BCUT2D eigenvalue weighted by atomic mass is 16.6. The quantitative estimate of drug-likeness (QED) is 0.867. The maximum atomic E-state index is 12.2. The minimum atomic E-state index is -0.168. The fourth-order valence-electron chi connectivity index (χ4n) is 3.06. The van der Waals surface area contributed by atoms with Crippen molar-refractivity contribution in [2.24, 2.45) is 0 Å². The minimum absolute atomic E-state index is 0.0141. The second kappa shape index (κ2) is 8.23. The molecule has 0 spiro atoms. The smallest absolute Gasteiger partial charge is 0.234 e. The van der Waals surface area contributed by atoms with E-state index in [-0.39, 0.29) is 12.0 Å². The van der Waals surface area contributed by atoms with Gasteiger partial charge in [0.05, 0.1) is 13.1 Å². The van der Waals surface area contributed by atoms with Crippen molar-refractivity contribution >= 4 is 5.91 Å². The largest absolute Gasteiger partial charge is 0.486 e. The SMILES string of the molecule is Cc1ccc(CN(C)CC(=O)NCC2COc3ccccc3O2)c(C)c1. The summed E-state index contributed by atoms with van der Waals surface area (Å²) in [4.78, 5) is 14.2. The molecule has 26 heavy (non-hydrogen) atoms. The maximum Gasteiger partial charge on any atom is 0.234 e. The maximum absolute atomic E-state index is 12.2. The predicted molar refractivity (Wildman–Crippen MR) is 102 cm³/mol. The molecule has 1 aliphatic heterocycles. The average molecular weight is 354 g/mol. The number of rotatable bonds is 6. The van der Waals surface area contributed by atoms with Crippen molar-refractivity contribution in [3.63, 3.8) is 0 Å². The molecule has 2 aromatic carbocycles. The molecule has 3 rings (SSSR count). The number of fused-ring (bicyclic) bond motifs is 1. The molecule has 0 bridgehead atoms. The summed E-state index contributed by atoms with van der Waals surface area (Å²) in [6, 6.07) is 14.0. The molecule has 5 nitrogen and oxygen atoms in total. The van der Waals surface area contributed by atoms with Gasteiger partial charge in [-0.05, 0) is 44.2 Å². The van der Waals surface area contributed by atoms with Crippen molar-refractivity contribution in [1.29, 1.82) is 0 Å². The molecule has 1 unspecified atom stereocenters. The Morgan fingerprint density at radius 2 is 1.96 bits per heavy atom. The zero-order chi connectivity index (χ0) is 18.5. The molecule has 0 saturated carbocycles. The molecule has 1 heterocycles. The molecular formula is C21H26N2O3. The van der Waals surface area contributed by atoms with E-state index in [1.807, 2.05) is 36.2 Å². The van der Waals surface area contributed by atoms with Gasteiger partial charge in [0, 0.05) is 6.54 Å². The van der Waals surface area contributed by atoms with Crippen molar-refractivity contribution in [2.45, 2.75) is 26.5 Å². The lowest BCUT2D eigenvalue weighted by Gasteiger charge is -2.26. The first-order chi connectivity index (χ1) is 12.5. The molecular weight excluding hydrogens is 328 g/mol. The number of para-hydroxylation sites is 2. The highest BCUT2D eigenvalue weighted by Crippen LogP contribution is 2.30. The first-order valence-electron chi connectivity index (χ1n) is 8.91. The Kier molecular flexibility index (Phi) is 5.78. The van der Waals surface area contributed by atoms with Gasteiger partial charge >= 0.3 is 0 Å². The Balaban J connectivity index is 1.44. The third-order valence-corrected chi connectivity index (χ3v) is 4.45. The van der Waals surface area contributed by atoms with Crippen LogP contribution in [0.3, 0.4) is 0 Å². The summed E-state index contributed by atoms with van der Waals surface area (Å²) in [6.45, 7) is 6.16. The van der Waals surface area contributed by atoms with E-state index < -0.39 is 0 Å². The molecule has 0 aromatic heterocycles. The molecule has 138 valence electrons. The van der Waals surface area contributed by atoms with Crippen LogP contribution in [0.4, 0.5) is 0 Å². The second-order valence-corrected chi connectivity index (χ2v) is 6.90. The molecule has 2 aromatic rings. The monoisotopic (exact) mass is 354 g/mol. The van der Waals surface area contributed by atoms with Crippen molar-refractivity contribution in [3.05, 3.63) is 59.2 Å². The predicted octanol–water partition coefficient (Wildman–Crippen LogP) is 2.69. The van der Waals surface area contributed by atoms with E-state index in [4.69, 9.17) is 9.47 Å². The van der Waals surface area contributed by atoms with E-state index in [0.29, 0.717) is 19.7 Å². The van der Waals surface area contributed by atoms with E-state index in [2.05, 4.69) is 37.4 Å². The lowest BCUT2D eigenvalue weighted by atomic mass is 10.1. The van der Waals surface area contributed by atoms with Gasteiger partial charge in [-0.25, -0.2) is 0 Å². The second-order valence-electron chi connectivity index (χ2n) is 6.90. The summed E-state index contributed by atoms with van der Waals surface area (Å²) in [5.74, 6) is 1.47. The number of amides is 1. The lowest BCUT2D eigenvalue weighted by Crippen LogP contribution is -2.43. The summed E-state index contributed by atoms with van der Waals surface area (Å²) in [5.41, 5.74) is 3.75. The van der Waals surface area contributed by atoms with Gasteiger partial charge in [0.25, 0.3) is 0 Å². The third kappa shape index (κ3) is 4.76. The van der Waals surface area contributed by atoms with Gasteiger partial charge in [-0.15, -0.1) is 0 Å². The van der Waals surface area contributed by atoms with Crippen LogP contribution >= 0.6 is 0 Å². The Morgan fingerprint density at radius 3 is 2.73 bits per heavy atom. The standard InChI is InChI=1S/C21H26N2O3/c1-15-8-9-17(16(2)10-15)12-23(3)13-21(24)22-11-18-14-25-19-6-4-5-7-20(19)26-18/h4-10,18H,11-14H2,1-3H3,(H,22,24). The number of ether oxygens (including phenoxy) is 2. The number of likely N-dealkylation sites (N-methyl/N-ethyl adjacent to an activating group) is 1. The fourth-order valence-corrected chi connectivity index (χ4v) is 3.06. The zero-order valence-corrected chi connectivity index (χ0v) is 15.6. The van der Waals surface area contributed by atoms with Crippen LogP contribution in [-0.2, 0) is 11.3 Å². The van der Waals surface area contributed by atoms with Gasteiger partial charge < -0.3 is 14.8 Å². The Morgan fingerprint density at radius 1 is 1.19 bits per heavy atom. The van der Waals surface area contributed by atoms with E-state index >= 15 is 0 Å². The van der Waals surface area contributed by atoms with E-state index in [9.17, 15) is 4.79 Å².